The van der Waals surface area contributed by atoms with Gasteiger partial charge in [0.05, 0.1) is 20.0 Å². The first-order valence-corrected chi connectivity index (χ1v) is 11.4. The second-order valence-electron chi connectivity index (χ2n) is 7.96. The van der Waals surface area contributed by atoms with Gasteiger partial charge in [-0.3, -0.25) is 9.36 Å². The zero-order chi connectivity index (χ0) is 21.1. The van der Waals surface area contributed by atoms with Crippen LogP contribution in [0.5, 0.6) is 11.5 Å². The maximum Gasteiger partial charge on any atom is 0.234 e. The average Bonchev–Trinajstić information content (AvgIpc) is 3.51. The van der Waals surface area contributed by atoms with E-state index in [1.807, 2.05) is 0 Å². The summed E-state index contributed by atoms with van der Waals surface area (Å²) in [6, 6.07) is 5.79. The third-order valence-corrected chi connectivity index (χ3v) is 6.57. The fourth-order valence-corrected chi connectivity index (χ4v) is 4.49. The lowest BCUT2D eigenvalue weighted by molar-refractivity contribution is -0.113. The molecule has 1 saturated carbocycles. The Labute approximate surface area is 181 Å². The van der Waals surface area contributed by atoms with E-state index in [9.17, 15) is 4.79 Å². The normalized spacial score (nSPS) is 17.1. The highest BCUT2D eigenvalue weighted by Gasteiger charge is 2.32. The number of benzene rings is 1. The standard InChI is InChI=1S/C21H29N5O3S/c1-14-8-10-25(11-9-14)20-23-24-21(26(20)16-5-6-16)30-13-19(27)22-15-4-7-17(28-2)18(12-15)29-3/h4,7,12,14,16H,5-6,8-11,13H2,1-3H3,(H,22,27). The molecule has 8 nitrogen and oxygen atoms in total. The summed E-state index contributed by atoms with van der Waals surface area (Å²) >= 11 is 1.44. The number of hydrogen-bond donors (Lipinski definition) is 1. The molecule has 2 aliphatic rings. The van der Waals surface area contributed by atoms with E-state index in [2.05, 4.69) is 31.9 Å². The van der Waals surface area contributed by atoms with Crippen LogP contribution < -0.4 is 19.7 Å². The SMILES string of the molecule is COc1ccc(NC(=O)CSc2nnc(N3CCC(C)CC3)n2C2CC2)cc1OC. The van der Waals surface area contributed by atoms with Crippen molar-refractivity contribution in [2.24, 2.45) is 5.92 Å². The number of rotatable bonds is 8. The smallest absolute Gasteiger partial charge is 0.234 e. The fraction of sp³-hybridized carbons (Fsp3) is 0.571. The molecular formula is C21H29N5O3S. The first kappa shape index (κ1) is 20.8. The van der Waals surface area contributed by atoms with Gasteiger partial charge >= 0.3 is 0 Å². The second-order valence-corrected chi connectivity index (χ2v) is 8.90. The van der Waals surface area contributed by atoms with E-state index in [4.69, 9.17) is 9.47 Å². The highest BCUT2D eigenvalue weighted by molar-refractivity contribution is 7.99. The van der Waals surface area contributed by atoms with E-state index in [0.717, 1.165) is 43.0 Å². The summed E-state index contributed by atoms with van der Waals surface area (Å²) in [4.78, 5) is 14.9. The van der Waals surface area contributed by atoms with Gasteiger partial charge in [0.2, 0.25) is 11.9 Å². The van der Waals surface area contributed by atoms with Crippen molar-refractivity contribution in [2.45, 2.75) is 43.8 Å². The van der Waals surface area contributed by atoms with Crippen molar-refractivity contribution >= 4 is 29.3 Å². The molecule has 1 amide bonds. The molecule has 1 N–H and O–H groups in total. The molecule has 0 bridgehead atoms. The molecule has 1 saturated heterocycles. The van der Waals surface area contributed by atoms with E-state index in [-0.39, 0.29) is 11.7 Å². The second kappa shape index (κ2) is 9.16. The lowest BCUT2D eigenvalue weighted by Gasteiger charge is -2.31. The molecule has 0 spiro atoms. The number of aromatic nitrogens is 3. The van der Waals surface area contributed by atoms with Gasteiger partial charge in [0.1, 0.15) is 0 Å². The van der Waals surface area contributed by atoms with Crippen molar-refractivity contribution in [2.75, 3.05) is 43.3 Å². The fourth-order valence-electron chi connectivity index (χ4n) is 3.69. The Morgan fingerprint density at radius 1 is 1.13 bits per heavy atom. The molecule has 2 heterocycles. The lowest BCUT2D eigenvalue weighted by atomic mass is 10.00. The van der Waals surface area contributed by atoms with E-state index >= 15 is 0 Å². The summed E-state index contributed by atoms with van der Waals surface area (Å²) in [5.74, 6) is 3.13. The van der Waals surface area contributed by atoms with Crippen LogP contribution in [-0.4, -0.2) is 53.7 Å². The maximum absolute atomic E-state index is 12.5. The third-order valence-electron chi connectivity index (χ3n) is 5.62. The number of hydrogen-bond acceptors (Lipinski definition) is 7. The molecule has 0 atom stereocenters. The molecule has 2 fully saturated rings. The van der Waals surface area contributed by atoms with Crippen molar-refractivity contribution in [3.05, 3.63) is 18.2 Å². The predicted molar refractivity (Wildman–Crippen MR) is 118 cm³/mol. The number of nitrogens with one attached hydrogen (secondary N) is 1. The first-order chi connectivity index (χ1) is 14.6. The van der Waals surface area contributed by atoms with Gasteiger partial charge in [0, 0.05) is 30.9 Å². The summed E-state index contributed by atoms with van der Waals surface area (Å²) in [7, 11) is 3.16. The summed E-state index contributed by atoms with van der Waals surface area (Å²) in [5, 5.41) is 12.6. The molecule has 9 heteroatoms. The van der Waals surface area contributed by atoms with Crippen molar-refractivity contribution in [1.29, 1.82) is 0 Å². The van der Waals surface area contributed by atoms with Gasteiger partial charge in [-0.1, -0.05) is 18.7 Å². The molecule has 0 unspecified atom stereocenters. The van der Waals surface area contributed by atoms with Crippen LogP contribution in [0.2, 0.25) is 0 Å². The Hall–Kier alpha value is -2.42. The number of nitrogens with zero attached hydrogens (tertiary/aromatic N) is 4. The topological polar surface area (TPSA) is 81.5 Å². The van der Waals surface area contributed by atoms with Crippen molar-refractivity contribution in [1.82, 2.24) is 14.8 Å². The Morgan fingerprint density at radius 2 is 1.87 bits per heavy atom. The van der Waals surface area contributed by atoms with Gasteiger partial charge in [-0.15, -0.1) is 10.2 Å². The molecule has 1 aliphatic carbocycles. The largest absolute Gasteiger partial charge is 0.493 e. The van der Waals surface area contributed by atoms with Gasteiger partial charge in [0.15, 0.2) is 16.7 Å². The maximum atomic E-state index is 12.5. The number of thioether (sulfide) groups is 1. The van der Waals surface area contributed by atoms with Crippen LogP contribution in [-0.2, 0) is 4.79 Å². The number of methoxy groups -OCH3 is 2. The third kappa shape index (κ3) is 4.66. The Balaban J connectivity index is 1.39. The molecule has 162 valence electrons. The molecular weight excluding hydrogens is 402 g/mol. The Morgan fingerprint density at radius 3 is 2.53 bits per heavy atom. The lowest BCUT2D eigenvalue weighted by Crippen LogP contribution is -2.34. The van der Waals surface area contributed by atoms with E-state index in [1.165, 1.54) is 24.6 Å². The van der Waals surface area contributed by atoms with Crippen LogP contribution >= 0.6 is 11.8 Å². The Kier molecular flexibility index (Phi) is 6.36. The molecule has 30 heavy (non-hydrogen) atoms. The number of anilines is 2. The number of ether oxygens (including phenoxy) is 2. The Bertz CT molecular complexity index is 891. The van der Waals surface area contributed by atoms with Crippen LogP contribution in [0.3, 0.4) is 0 Å². The number of amides is 1. The zero-order valence-electron chi connectivity index (χ0n) is 17.8. The minimum atomic E-state index is -0.0917. The van der Waals surface area contributed by atoms with E-state index in [1.54, 1.807) is 32.4 Å². The van der Waals surface area contributed by atoms with Crippen molar-refractivity contribution in [3.63, 3.8) is 0 Å². The summed E-state index contributed by atoms with van der Waals surface area (Å²) in [6.45, 7) is 4.36. The number of carbonyl (C=O) groups excluding carboxylic acids is 1. The molecule has 1 aromatic carbocycles. The van der Waals surface area contributed by atoms with Crippen LogP contribution in [0, 0.1) is 5.92 Å². The summed E-state index contributed by atoms with van der Waals surface area (Å²) < 4.78 is 12.8. The van der Waals surface area contributed by atoms with Gasteiger partial charge in [-0.2, -0.15) is 0 Å². The van der Waals surface area contributed by atoms with Crippen LogP contribution in [0.4, 0.5) is 11.6 Å². The summed E-state index contributed by atoms with van der Waals surface area (Å²) in [6.07, 6.45) is 4.68. The minimum absolute atomic E-state index is 0.0917. The minimum Gasteiger partial charge on any atom is -0.493 e. The van der Waals surface area contributed by atoms with Crippen LogP contribution in [0.1, 0.15) is 38.6 Å². The predicted octanol–water partition coefficient (Wildman–Crippen LogP) is 3.60. The monoisotopic (exact) mass is 431 g/mol. The first-order valence-electron chi connectivity index (χ1n) is 10.4. The highest BCUT2D eigenvalue weighted by atomic mass is 32.2. The van der Waals surface area contributed by atoms with Crippen molar-refractivity contribution in [3.8, 4) is 11.5 Å². The van der Waals surface area contributed by atoms with Gasteiger partial charge in [-0.05, 0) is 43.7 Å². The zero-order valence-corrected chi connectivity index (χ0v) is 18.6. The highest BCUT2D eigenvalue weighted by Crippen LogP contribution is 2.41. The summed E-state index contributed by atoms with van der Waals surface area (Å²) in [5.41, 5.74) is 0.671. The van der Waals surface area contributed by atoms with Gasteiger partial charge in [-0.25, -0.2) is 0 Å². The van der Waals surface area contributed by atoms with E-state index < -0.39 is 0 Å². The quantitative estimate of drug-likeness (QED) is 0.640. The molecule has 0 radical (unpaired) electrons. The number of carbonyl (C=O) groups is 1. The molecule has 4 rings (SSSR count). The molecule has 1 aliphatic heterocycles. The van der Waals surface area contributed by atoms with Crippen molar-refractivity contribution < 1.29 is 14.3 Å². The van der Waals surface area contributed by atoms with Crippen LogP contribution in [0.25, 0.3) is 0 Å². The van der Waals surface area contributed by atoms with Crippen LogP contribution in [0.15, 0.2) is 23.4 Å². The van der Waals surface area contributed by atoms with Gasteiger partial charge in [0.25, 0.3) is 0 Å². The van der Waals surface area contributed by atoms with Gasteiger partial charge < -0.3 is 19.7 Å². The van der Waals surface area contributed by atoms with E-state index in [0.29, 0.717) is 23.2 Å². The molecule has 2 aromatic rings. The average molecular weight is 432 g/mol. The number of piperidine rings is 1. The molecule has 1 aromatic heterocycles.